The molecule has 25 heavy (non-hydrogen) atoms. The van der Waals surface area contributed by atoms with Crippen molar-refractivity contribution in [1.82, 2.24) is 16.0 Å². The minimum absolute atomic E-state index is 0.123. The molecule has 1 aliphatic rings. The van der Waals surface area contributed by atoms with Crippen LogP contribution >= 0.6 is 0 Å². The molecule has 0 aromatic carbocycles. The molecule has 1 fully saturated rings. The monoisotopic (exact) mass is 356 g/mol. The Hall–Kier alpha value is -1.67. The smallest absolute Gasteiger partial charge is 0.251 e. The van der Waals surface area contributed by atoms with E-state index in [2.05, 4.69) is 16.0 Å². The number of rotatable bonds is 9. The molecule has 144 valence electrons. The number of carbonyl (C=O) groups is 3. The first-order valence-electron chi connectivity index (χ1n) is 8.93. The van der Waals surface area contributed by atoms with E-state index in [1.807, 2.05) is 13.8 Å². The second kappa shape index (κ2) is 9.72. The average Bonchev–Trinajstić information content (AvgIpc) is 2.89. The van der Waals surface area contributed by atoms with Gasteiger partial charge in [0.2, 0.25) is 11.8 Å². The van der Waals surface area contributed by atoms with Crippen molar-refractivity contribution in [2.45, 2.75) is 71.2 Å². The van der Waals surface area contributed by atoms with Crippen molar-refractivity contribution in [3.63, 3.8) is 0 Å². The first kappa shape index (κ1) is 21.4. The van der Waals surface area contributed by atoms with E-state index in [0.717, 1.165) is 0 Å². The first-order valence-corrected chi connectivity index (χ1v) is 8.93. The van der Waals surface area contributed by atoms with Gasteiger partial charge in [-0.1, -0.05) is 13.8 Å². The molecule has 1 rings (SSSR count). The van der Waals surface area contributed by atoms with Crippen LogP contribution in [0.3, 0.4) is 0 Å². The molecule has 1 heterocycles. The third kappa shape index (κ3) is 6.99. The summed E-state index contributed by atoms with van der Waals surface area (Å²) < 4.78 is 0. The van der Waals surface area contributed by atoms with Gasteiger partial charge in [-0.2, -0.15) is 0 Å². The van der Waals surface area contributed by atoms with Crippen molar-refractivity contribution in [2.75, 3.05) is 6.54 Å². The van der Waals surface area contributed by atoms with Crippen molar-refractivity contribution in [1.29, 1.82) is 0 Å². The zero-order valence-electron chi connectivity index (χ0n) is 15.5. The van der Waals surface area contributed by atoms with Gasteiger partial charge < -0.3 is 26.8 Å². The van der Waals surface area contributed by atoms with E-state index < -0.39 is 30.0 Å². The molecule has 0 aromatic heterocycles. The molecule has 2 unspecified atom stereocenters. The lowest BCUT2D eigenvalue weighted by molar-refractivity contribution is -0.134. The van der Waals surface area contributed by atoms with Crippen LogP contribution in [-0.2, 0) is 14.4 Å². The van der Waals surface area contributed by atoms with Gasteiger partial charge in [0.25, 0.3) is 5.91 Å². The van der Waals surface area contributed by atoms with Crippen LogP contribution < -0.4 is 21.7 Å². The van der Waals surface area contributed by atoms with E-state index in [1.165, 1.54) is 0 Å². The first-order chi connectivity index (χ1) is 11.6. The SMILES string of the molecule is CC(C)C[C@H](N)C(=O)N[C@@H](CC1CCNC1=O)C(O)C(=O)NC(C)C. The third-order valence-corrected chi connectivity index (χ3v) is 4.17. The Labute approximate surface area is 149 Å². The van der Waals surface area contributed by atoms with Crippen molar-refractivity contribution >= 4 is 17.7 Å². The largest absolute Gasteiger partial charge is 0.381 e. The fraction of sp³-hybridized carbons (Fsp3) is 0.824. The fourth-order valence-corrected chi connectivity index (χ4v) is 2.90. The summed E-state index contributed by atoms with van der Waals surface area (Å²) in [5, 5.41) is 18.4. The highest BCUT2D eigenvalue weighted by Gasteiger charge is 2.35. The summed E-state index contributed by atoms with van der Waals surface area (Å²) in [7, 11) is 0. The maximum absolute atomic E-state index is 12.3. The van der Waals surface area contributed by atoms with Crippen LogP contribution in [0.4, 0.5) is 0 Å². The number of hydrogen-bond donors (Lipinski definition) is 5. The second-order valence-electron chi connectivity index (χ2n) is 7.47. The van der Waals surface area contributed by atoms with E-state index in [0.29, 0.717) is 19.4 Å². The normalized spacial score (nSPS) is 21.0. The maximum Gasteiger partial charge on any atom is 0.251 e. The zero-order chi connectivity index (χ0) is 19.1. The van der Waals surface area contributed by atoms with Crippen molar-refractivity contribution in [3.05, 3.63) is 0 Å². The lowest BCUT2D eigenvalue weighted by Crippen LogP contribution is -2.55. The molecule has 1 aliphatic heterocycles. The number of aliphatic hydroxyl groups is 1. The summed E-state index contributed by atoms with van der Waals surface area (Å²) in [6.07, 6.45) is -0.136. The number of nitrogens with two attached hydrogens (primary N) is 1. The molecule has 6 N–H and O–H groups in total. The summed E-state index contributed by atoms with van der Waals surface area (Å²) in [5.74, 6) is -1.21. The van der Waals surface area contributed by atoms with E-state index in [1.54, 1.807) is 13.8 Å². The van der Waals surface area contributed by atoms with Gasteiger partial charge in [-0.25, -0.2) is 0 Å². The Morgan fingerprint density at radius 3 is 2.36 bits per heavy atom. The highest BCUT2D eigenvalue weighted by molar-refractivity contribution is 5.86. The Kier molecular flexibility index (Phi) is 8.31. The lowest BCUT2D eigenvalue weighted by atomic mass is 9.93. The Morgan fingerprint density at radius 1 is 1.24 bits per heavy atom. The molecule has 3 amide bonds. The van der Waals surface area contributed by atoms with Gasteiger partial charge in [0.05, 0.1) is 12.1 Å². The Morgan fingerprint density at radius 2 is 1.88 bits per heavy atom. The minimum Gasteiger partial charge on any atom is -0.381 e. The molecule has 8 heteroatoms. The molecule has 1 saturated heterocycles. The summed E-state index contributed by atoms with van der Waals surface area (Å²) in [5.41, 5.74) is 5.89. The molecule has 0 radical (unpaired) electrons. The molecule has 0 saturated carbocycles. The van der Waals surface area contributed by atoms with Gasteiger partial charge in [-0.15, -0.1) is 0 Å². The second-order valence-corrected chi connectivity index (χ2v) is 7.47. The molecule has 8 nitrogen and oxygen atoms in total. The zero-order valence-corrected chi connectivity index (χ0v) is 15.5. The van der Waals surface area contributed by atoms with Crippen LogP contribution in [-0.4, -0.2) is 53.6 Å². The van der Waals surface area contributed by atoms with E-state index in [-0.39, 0.29) is 30.2 Å². The summed E-state index contributed by atoms with van der Waals surface area (Å²) in [6.45, 7) is 8.03. The van der Waals surface area contributed by atoms with Crippen LogP contribution in [0.1, 0.15) is 47.0 Å². The van der Waals surface area contributed by atoms with Crippen LogP contribution in [0.25, 0.3) is 0 Å². The molecule has 0 spiro atoms. The lowest BCUT2D eigenvalue weighted by Gasteiger charge is -2.27. The fourth-order valence-electron chi connectivity index (χ4n) is 2.90. The molecule has 4 atom stereocenters. The predicted molar refractivity (Wildman–Crippen MR) is 94.4 cm³/mol. The van der Waals surface area contributed by atoms with Gasteiger partial charge in [-0.05, 0) is 39.0 Å². The third-order valence-electron chi connectivity index (χ3n) is 4.17. The highest BCUT2D eigenvalue weighted by Crippen LogP contribution is 2.18. The molecule has 0 aliphatic carbocycles. The van der Waals surface area contributed by atoms with Gasteiger partial charge in [0, 0.05) is 18.5 Å². The summed E-state index contributed by atoms with van der Waals surface area (Å²) in [6, 6.07) is -1.73. The minimum atomic E-state index is -1.44. The number of aliphatic hydroxyl groups excluding tert-OH is 1. The van der Waals surface area contributed by atoms with Gasteiger partial charge in [0.1, 0.15) is 0 Å². The van der Waals surface area contributed by atoms with E-state index in [9.17, 15) is 19.5 Å². The number of hydrogen-bond acceptors (Lipinski definition) is 5. The van der Waals surface area contributed by atoms with Crippen LogP contribution in [0.15, 0.2) is 0 Å². The van der Waals surface area contributed by atoms with Crippen LogP contribution in [0.2, 0.25) is 0 Å². The molecular formula is C17H32N4O4. The summed E-state index contributed by atoms with van der Waals surface area (Å²) >= 11 is 0. The Bertz CT molecular complexity index is 481. The van der Waals surface area contributed by atoms with Gasteiger partial charge in [-0.3, -0.25) is 14.4 Å². The predicted octanol–water partition coefficient (Wildman–Crippen LogP) is -0.744. The molecular weight excluding hydrogens is 324 g/mol. The Balaban J connectivity index is 2.80. The van der Waals surface area contributed by atoms with Gasteiger partial charge in [0.15, 0.2) is 6.10 Å². The van der Waals surface area contributed by atoms with Crippen LogP contribution in [0, 0.1) is 11.8 Å². The number of amides is 3. The topological polar surface area (TPSA) is 134 Å². The number of nitrogens with one attached hydrogen (secondary N) is 3. The van der Waals surface area contributed by atoms with E-state index >= 15 is 0 Å². The van der Waals surface area contributed by atoms with E-state index in [4.69, 9.17) is 5.73 Å². The molecule has 0 aromatic rings. The standard InChI is InChI=1S/C17H32N4O4/c1-9(2)7-12(18)16(24)21-13(8-11-5-6-19-15(11)23)14(22)17(25)20-10(3)4/h9-14,22H,5-8,18H2,1-4H3,(H,19,23)(H,20,25)(H,21,24)/t11?,12-,13-,14?/m0/s1. The van der Waals surface area contributed by atoms with Crippen molar-refractivity contribution in [2.24, 2.45) is 17.6 Å². The maximum atomic E-state index is 12.3. The molecule has 0 bridgehead atoms. The quantitative estimate of drug-likeness (QED) is 0.371. The van der Waals surface area contributed by atoms with Crippen molar-refractivity contribution in [3.8, 4) is 0 Å². The summed E-state index contributed by atoms with van der Waals surface area (Å²) in [4.78, 5) is 36.3. The van der Waals surface area contributed by atoms with Crippen LogP contribution in [0.5, 0.6) is 0 Å². The average molecular weight is 356 g/mol. The highest BCUT2D eigenvalue weighted by atomic mass is 16.3. The van der Waals surface area contributed by atoms with Crippen molar-refractivity contribution < 1.29 is 19.5 Å². The van der Waals surface area contributed by atoms with Gasteiger partial charge >= 0.3 is 0 Å². The number of carbonyl (C=O) groups excluding carboxylic acids is 3.